The summed E-state index contributed by atoms with van der Waals surface area (Å²) < 4.78 is 0. The van der Waals surface area contributed by atoms with E-state index in [1.807, 2.05) is 0 Å². The van der Waals surface area contributed by atoms with Crippen molar-refractivity contribution in [1.29, 1.82) is 0 Å². The summed E-state index contributed by atoms with van der Waals surface area (Å²) in [7, 11) is 0. The number of carbonyl (C=O) groups excluding carboxylic acids is 3. The molecule has 0 saturated heterocycles. The molecule has 6 rings (SSSR count). The fraction of sp³-hybridized carbons (Fsp3) is 0.167. The second kappa shape index (κ2) is 7.96. The van der Waals surface area contributed by atoms with E-state index in [-0.39, 0.29) is 57.0 Å². The quantitative estimate of drug-likeness (QED) is 0.164. The summed E-state index contributed by atoms with van der Waals surface area (Å²) in [6.07, 6.45) is -0.351. The molecule has 2 aliphatic carbocycles. The maximum absolute atomic E-state index is 13.9. The Morgan fingerprint density at radius 2 is 1.23 bits per heavy atom. The number of fused-ring (bicyclic) bond motifs is 4. The number of aliphatic hydroxyl groups is 1. The third-order valence-corrected chi connectivity index (χ3v) is 7.55. The molecule has 40 heavy (non-hydrogen) atoms. The topological polar surface area (TPSA) is 193 Å². The summed E-state index contributed by atoms with van der Waals surface area (Å²) in [5.74, 6) is -6.12. The normalized spacial score (nSPS) is 18.0. The average Bonchev–Trinajstić information content (AvgIpc) is 2.81. The molecule has 0 aromatic heterocycles. The first-order valence-electron chi connectivity index (χ1n) is 12.2. The highest BCUT2D eigenvalue weighted by Gasteiger charge is 2.40. The van der Waals surface area contributed by atoms with Gasteiger partial charge in [0.25, 0.3) is 0 Å². The highest BCUT2D eigenvalue weighted by molar-refractivity contribution is 6.33. The Balaban J connectivity index is 1.76. The van der Waals surface area contributed by atoms with E-state index in [2.05, 4.69) is 0 Å². The number of carbonyl (C=O) groups is 3. The van der Waals surface area contributed by atoms with Crippen molar-refractivity contribution in [1.82, 2.24) is 0 Å². The van der Waals surface area contributed by atoms with Crippen LogP contribution >= 0.6 is 0 Å². The number of aromatic hydroxyl groups is 6. The van der Waals surface area contributed by atoms with Crippen LogP contribution in [0.15, 0.2) is 30.3 Å². The highest BCUT2D eigenvalue weighted by atomic mass is 16.3. The van der Waals surface area contributed by atoms with Crippen LogP contribution in [0.25, 0.3) is 21.9 Å². The van der Waals surface area contributed by atoms with Crippen molar-refractivity contribution in [3.05, 3.63) is 69.3 Å². The number of hydrogen-bond donors (Lipinski definition) is 7. The first kappa shape index (κ1) is 25.2. The molecule has 0 bridgehead atoms. The van der Waals surface area contributed by atoms with Crippen molar-refractivity contribution in [2.45, 2.75) is 32.3 Å². The lowest BCUT2D eigenvalue weighted by atomic mass is 9.76. The maximum atomic E-state index is 13.9. The van der Waals surface area contributed by atoms with E-state index in [9.17, 15) is 50.1 Å². The predicted molar refractivity (Wildman–Crippen MR) is 141 cm³/mol. The molecule has 2 aliphatic rings. The van der Waals surface area contributed by atoms with Crippen LogP contribution in [-0.2, 0) is 6.42 Å². The molecule has 0 fully saturated rings. The van der Waals surface area contributed by atoms with Gasteiger partial charge in [-0.3, -0.25) is 14.4 Å². The summed E-state index contributed by atoms with van der Waals surface area (Å²) in [6, 6.07) is 5.66. The molecule has 4 aromatic carbocycles. The zero-order chi connectivity index (χ0) is 29.0. The number of benzene rings is 4. The average molecular weight is 542 g/mol. The van der Waals surface area contributed by atoms with Crippen molar-refractivity contribution in [2.75, 3.05) is 0 Å². The largest absolute Gasteiger partial charge is 0.507 e. The zero-order valence-corrected chi connectivity index (χ0v) is 21.2. The fourth-order valence-electron chi connectivity index (χ4n) is 6.02. The number of hydrogen-bond acceptors (Lipinski definition) is 10. The molecular formula is C30H22O10. The first-order chi connectivity index (χ1) is 18.7. The molecule has 7 N–H and O–H groups in total. The second-order valence-corrected chi connectivity index (χ2v) is 10.7. The molecule has 0 saturated carbocycles. The van der Waals surface area contributed by atoms with E-state index in [1.54, 1.807) is 6.92 Å². The molecule has 10 heteroatoms. The van der Waals surface area contributed by atoms with Gasteiger partial charge in [0.1, 0.15) is 34.5 Å². The summed E-state index contributed by atoms with van der Waals surface area (Å²) in [6.45, 7) is 3.03. The number of aryl methyl sites for hydroxylation is 1. The third kappa shape index (κ3) is 3.29. The molecule has 0 heterocycles. The molecule has 10 nitrogen and oxygen atoms in total. The molecule has 1 atom stereocenters. The van der Waals surface area contributed by atoms with E-state index in [1.165, 1.54) is 25.1 Å². The van der Waals surface area contributed by atoms with Gasteiger partial charge >= 0.3 is 0 Å². The Labute approximate surface area is 225 Å². The fourth-order valence-corrected chi connectivity index (χ4v) is 6.02. The molecule has 0 spiro atoms. The minimum absolute atomic E-state index is 0.0730. The van der Waals surface area contributed by atoms with Crippen LogP contribution in [0, 0.1) is 6.92 Å². The summed E-state index contributed by atoms with van der Waals surface area (Å²) in [4.78, 5) is 40.2. The number of ketones is 3. The van der Waals surface area contributed by atoms with Crippen LogP contribution in [0.1, 0.15) is 66.7 Å². The minimum atomic E-state index is -1.45. The van der Waals surface area contributed by atoms with Crippen molar-refractivity contribution >= 4 is 28.1 Å². The number of Topliss-reactive ketones (excluding diaryl/α,β-unsaturated/α-hetero) is 1. The second-order valence-electron chi connectivity index (χ2n) is 10.7. The van der Waals surface area contributed by atoms with Gasteiger partial charge in [-0.05, 0) is 43.2 Å². The van der Waals surface area contributed by atoms with Gasteiger partial charge in [0.15, 0.2) is 11.6 Å². The Morgan fingerprint density at radius 3 is 1.93 bits per heavy atom. The van der Waals surface area contributed by atoms with E-state index >= 15 is 0 Å². The van der Waals surface area contributed by atoms with Crippen molar-refractivity contribution in [2.24, 2.45) is 0 Å². The molecule has 0 amide bonds. The van der Waals surface area contributed by atoms with E-state index in [4.69, 9.17) is 0 Å². The molecular weight excluding hydrogens is 520 g/mol. The van der Waals surface area contributed by atoms with Crippen molar-refractivity contribution in [3.8, 4) is 45.6 Å². The van der Waals surface area contributed by atoms with Gasteiger partial charge in [0.05, 0.1) is 27.7 Å². The van der Waals surface area contributed by atoms with Gasteiger partial charge in [-0.1, -0.05) is 0 Å². The Morgan fingerprint density at radius 1 is 0.625 bits per heavy atom. The van der Waals surface area contributed by atoms with Crippen LogP contribution in [0.4, 0.5) is 0 Å². The summed E-state index contributed by atoms with van der Waals surface area (Å²) >= 11 is 0. The summed E-state index contributed by atoms with van der Waals surface area (Å²) in [5.41, 5.74) is -3.09. The van der Waals surface area contributed by atoms with Gasteiger partial charge < -0.3 is 35.7 Å². The zero-order valence-electron chi connectivity index (χ0n) is 21.2. The van der Waals surface area contributed by atoms with Gasteiger partial charge in [0, 0.05) is 52.6 Å². The van der Waals surface area contributed by atoms with E-state index < -0.39 is 68.6 Å². The van der Waals surface area contributed by atoms with Crippen LogP contribution in [-0.4, -0.2) is 58.7 Å². The standard InChI is InChI=1S/C30H22O10/c1-10-3-13-23(14(31)4-10)29(39)25-18(35)7-17(34)24(26(25)27(13)37)21-12-5-11-8-30(2,40)9-19(36)20(11)28(38)22(12)16(33)6-15(21)32/h3-7,31-35,38,40H,8-9H2,1-2H3/t30-/m1/s1. The highest BCUT2D eigenvalue weighted by Crippen LogP contribution is 2.53. The molecule has 0 aliphatic heterocycles. The number of phenols is 6. The lowest BCUT2D eigenvalue weighted by Gasteiger charge is -2.30. The molecule has 0 unspecified atom stereocenters. The molecule has 4 aromatic rings. The molecule has 0 radical (unpaired) electrons. The van der Waals surface area contributed by atoms with Crippen molar-refractivity contribution < 1.29 is 50.1 Å². The summed E-state index contributed by atoms with van der Waals surface area (Å²) in [5, 5.41) is 75.3. The Kier molecular flexibility index (Phi) is 5.02. The SMILES string of the molecule is Cc1cc(O)c2c(c1)C(=O)c1c(c(O)cc(O)c1-c1c(O)cc(O)c3c(O)c4c(cc13)C[C@@](C)(O)CC4=O)C2=O. The van der Waals surface area contributed by atoms with Crippen molar-refractivity contribution in [3.63, 3.8) is 0 Å². The maximum Gasteiger partial charge on any atom is 0.201 e. The van der Waals surface area contributed by atoms with Crippen LogP contribution in [0.2, 0.25) is 0 Å². The van der Waals surface area contributed by atoms with Crippen LogP contribution in [0.5, 0.6) is 34.5 Å². The lowest BCUT2D eigenvalue weighted by molar-refractivity contribution is 0.0409. The Hall–Kier alpha value is -5.09. The smallest absolute Gasteiger partial charge is 0.201 e. The van der Waals surface area contributed by atoms with Gasteiger partial charge in [-0.15, -0.1) is 0 Å². The number of rotatable bonds is 1. The van der Waals surface area contributed by atoms with E-state index in [0.717, 1.165) is 12.1 Å². The monoisotopic (exact) mass is 542 g/mol. The first-order valence-corrected chi connectivity index (χ1v) is 12.2. The predicted octanol–water partition coefficient (Wildman–Crippen LogP) is 3.70. The Bertz CT molecular complexity index is 1900. The van der Waals surface area contributed by atoms with E-state index in [0.29, 0.717) is 5.56 Å². The van der Waals surface area contributed by atoms with Crippen LogP contribution in [0.3, 0.4) is 0 Å². The van der Waals surface area contributed by atoms with Gasteiger partial charge in [-0.2, -0.15) is 0 Å². The van der Waals surface area contributed by atoms with Crippen LogP contribution < -0.4 is 0 Å². The molecule has 202 valence electrons. The lowest BCUT2D eigenvalue weighted by Crippen LogP contribution is -2.35. The third-order valence-electron chi connectivity index (χ3n) is 7.55. The number of phenolic OH excluding ortho intramolecular Hbond substituents is 6. The minimum Gasteiger partial charge on any atom is -0.507 e. The van der Waals surface area contributed by atoms with Gasteiger partial charge in [0.2, 0.25) is 5.78 Å². The van der Waals surface area contributed by atoms with Gasteiger partial charge in [-0.25, -0.2) is 0 Å².